The van der Waals surface area contributed by atoms with E-state index in [1.165, 1.54) is 34.3 Å². The Kier molecular flexibility index (Phi) is 6.17. The quantitative estimate of drug-likeness (QED) is 0.711. The summed E-state index contributed by atoms with van der Waals surface area (Å²) >= 11 is 1.51. The average Bonchev–Trinajstić information content (AvgIpc) is 2.88. The zero-order chi connectivity index (χ0) is 23.1. The van der Waals surface area contributed by atoms with Crippen LogP contribution in [0.1, 0.15) is 18.9 Å². The number of benzene rings is 2. The number of amides is 1. The molecule has 172 valence electrons. The van der Waals surface area contributed by atoms with Crippen molar-refractivity contribution in [1.29, 1.82) is 0 Å². The van der Waals surface area contributed by atoms with Crippen LogP contribution in [0.5, 0.6) is 0 Å². The van der Waals surface area contributed by atoms with E-state index in [0.29, 0.717) is 17.8 Å². The van der Waals surface area contributed by atoms with Crippen molar-refractivity contribution in [3.63, 3.8) is 0 Å². The third kappa shape index (κ3) is 4.74. The molecule has 1 atom stereocenters. The maximum absolute atomic E-state index is 13.2. The van der Waals surface area contributed by atoms with Gasteiger partial charge in [-0.1, -0.05) is 13.0 Å². The number of thioether (sulfide) groups is 1. The fraction of sp³-hybridized carbons (Fsp3) is 0.381. The van der Waals surface area contributed by atoms with Gasteiger partial charge in [0.1, 0.15) is 0 Å². The summed E-state index contributed by atoms with van der Waals surface area (Å²) in [6, 6.07) is 9.75. The zero-order valence-electron chi connectivity index (χ0n) is 17.2. The number of nitrogens with zero attached hydrogens (tertiary/aromatic N) is 2. The normalized spacial score (nSPS) is 20.4. The smallest absolute Gasteiger partial charge is 0.369 e. The van der Waals surface area contributed by atoms with Gasteiger partial charge in [0.05, 0.1) is 16.1 Å². The van der Waals surface area contributed by atoms with E-state index in [1.807, 2.05) is 6.92 Å². The lowest BCUT2D eigenvalue weighted by atomic mass is 10.1. The highest BCUT2D eigenvalue weighted by Crippen LogP contribution is 2.37. The summed E-state index contributed by atoms with van der Waals surface area (Å²) in [5, 5.41) is 2.86. The minimum absolute atomic E-state index is 0.0826. The van der Waals surface area contributed by atoms with Crippen LogP contribution >= 0.6 is 11.8 Å². The summed E-state index contributed by atoms with van der Waals surface area (Å²) in [6.45, 7) is 2.78. The Bertz CT molecular complexity index is 1130. The van der Waals surface area contributed by atoms with Gasteiger partial charge in [0, 0.05) is 48.4 Å². The molecule has 0 aliphatic carbocycles. The van der Waals surface area contributed by atoms with Gasteiger partial charge in [0.25, 0.3) is 0 Å². The maximum Gasteiger partial charge on any atom is 0.416 e. The van der Waals surface area contributed by atoms with Gasteiger partial charge in [0.2, 0.25) is 15.9 Å². The van der Waals surface area contributed by atoms with Crippen LogP contribution in [-0.2, 0) is 21.0 Å². The first-order valence-corrected chi connectivity index (χ1v) is 12.4. The Morgan fingerprint density at radius 3 is 2.47 bits per heavy atom. The number of halogens is 3. The first-order valence-electron chi connectivity index (χ1n) is 10.1. The van der Waals surface area contributed by atoms with E-state index in [4.69, 9.17) is 0 Å². The molecule has 0 saturated carbocycles. The zero-order valence-corrected chi connectivity index (χ0v) is 18.9. The van der Waals surface area contributed by atoms with Gasteiger partial charge in [-0.25, -0.2) is 8.42 Å². The summed E-state index contributed by atoms with van der Waals surface area (Å²) in [5.74, 6) is -0.159. The summed E-state index contributed by atoms with van der Waals surface area (Å²) in [5.41, 5.74) is 0.160. The Labute approximate surface area is 188 Å². The second kappa shape index (κ2) is 8.60. The number of anilines is 2. The van der Waals surface area contributed by atoms with Crippen molar-refractivity contribution < 1.29 is 26.4 Å². The van der Waals surface area contributed by atoms with Crippen LogP contribution in [-0.4, -0.2) is 50.1 Å². The highest BCUT2D eigenvalue weighted by molar-refractivity contribution is 8.00. The number of hydrogen-bond acceptors (Lipinski definition) is 5. The number of nitrogens with one attached hydrogen (secondary N) is 1. The molecule has 1 saturated heterocycles. The van der Waals surface area contributed by atoms with Gasteiger partial charge in [-0.3, -0.25) is 4.79 Å². The molecule has 6 nitrogen and oxygen atoms in total. The number of carbonyl (C=O) groups excluding carboxylic acids is 1. The molecule has 1 unspecified atom stereocenters. The number of piperazine rings is 1. The van der Waals surface area contributed by atoms with Crippen LogP contribution in [0.4, 0.5) is 24.5 Å². The van der Waals surface area contributed by atoms with Gasteiger partial charge in [0.15, 0.2) is 0 Å². The molecule has 0 aromatic heterocycles. The molecule has 2 aromatic rings. The molecule has 32 heavy (non-hydrogen) atoms. The number of fused-ring (bicyclic) bond motifs is 1. The van der Waals surface area contributed by atoms with Crippen LogP contribution in [0.15, 0.2) is 52.3 Å². The molecular weight excluding hydrogens is 463 g/mol. The molecule has 1 amide bonds. The van der Waals surface area contributed by atoms with Gasteiger partial charge in [-0.2, -0.15) is 17.5 Å². The summed E-state index contributed by atoms with van der Waals surface area (Å²) in [4.78, 5) is 14.7. The molecule has 2 aromatic carbocycles. The van der Waals surface area contributed by atoms with Gasteiger partial charge >= 0.3 is 6.18 Å². The lowest BCUT2D eigenvalue weighted by Gasteiger charge is -2.35. The van der Waals surface area contributed by atoms with Gasteiger partial charge < -0.3 is 10.2 Å². The fourth-order valence-electron chi connectivity index (χ4n) is 3.81. The number of hydrogen-bond donors (Lipinski definition) is 1. The maximum atomic E-state index is 13.2. The average molecular weight is 486 g/mol. The molecule has 0 spiro atoms. The highest BCUT2D eigenvalue weighted by Gasteiger charge is 2.33. The Balaban J connectivity index is 1.50. The molecule has 1 fully saturated rings. The van der Waals surface area contributed by atoms with Gasteiger partial charge in [-0.15, -0.1) is 11.8 Å². The number of rotatable bonds is 3. The monoisotopic (exact) mass is 485 g/mol. The Hall–Kier alpha value is -2.24. The van der Waals surface area contributed by atoms with Crippen molar-refractivity contribution in [3.05, 3.63) is 48.0 Å². The first-order chi connectivity index (χ1) is 15.0. The molecule has 4 rings (SSSR count). The SMILES string of the molecule is CC1CC(=O)Nc2cc(S(=O)(=O)N3CCN(c4cccc(C(F)(F)F)c4)CC3)ccc2S1. The minimum atomic E-state index is -4.43. The summed E-state index contributed by atoms with van der Waals surface area (Å²) in [6.07, 6.45) is -4.09. The fourth-order valence-corrected chi connectivity index (χ4v) is 6.31. The Morgan fingerprint density at radius 1 is 1.06 bits per heavy atom. The molecule has 2 aliphatic heterocycles. The van der Waals surface area contributed by atoms with E-state index < -0.39 is 21.8 Å². The number of alkyl halides is 3. The van der Waals surface area contributed by atoms with Crippen LogP contribution in [0, 0.1) is 0 Å². The van der Waals surface area contributed by atoms with E-state index in [0.717, 1.165) is 17.0 Å². The molecule has 2 aliphatic rings. The van der Waals surface area contributed by atoms with Crippen molar-refractivity contribution in [3.8, 4) is 0 Å². The van der Waals surface area contributed by atoms with Crippen molar-refractivity contribution in [1.82, 2.24) is 4.31 Å². The van der Waals surface area contributed by atoms with E-state index in [2.05, 4.69) is 5.32 Å². The summed E-state index contributed by atoms with van der Waals surface area (Å²) < 4.78 is 66.7. The standard InChI is InChI=1S/C21H22F3N3O3S2/c1-14-11-20(28)25-18-13-17(5-6-19(18)31-14)32(29,30)27-9-7-26(8-10-27)16-4-2-3-15(12-16)21(22,23)24/h2-6,12-14H,7-11H2,1H3,(H,25,28). The third-order valence-electron chi connectivity index (χ3n) is 5.44. The second-order valence-electron chi connectivity index (χ2n) is 7.78. The lowest BCUT2D eigenvalue weighted by molar-refractivity contribution is -0.137. The largest absolute Gasteiger partial charge is 0.416 e. The molecule has 11 heteroatoms. The van der Waals surface area contributed by atoms with Crippen molar-refractivity contribution in [2.45, 2.75) is 34.6 Å². The second-order valence-corrected chi connectivity index (χ2v) is 11.2. The summed E-state index contributed by atoms with van der Waals surface area (Å²) in [7, 11) is -3.81. The van der Waals surface area contributed by atoms with Crippen LogP contribution in [0.3, 0.4) is 0 Å². The highest BCUT2D eigenvalue weighted by atomic mass is 32.2. The lowest BCUT2D eigenvalue weighted by Crippen LogP contribution is -2.48. The van der Waals surface area contributed by atoms with E-state index >= 15 is 0 Å². The van der Waals surface area contributed by atoms with Crippen LogP contribution in [0.2, 0.25) is 0 Å². The van der Waals surface area contributed by atoms with E-state index in [9.17, 15) is 26.4 Å². The van der Waals surface area contributed by atoms with E-state index in [-0.39, 0.29) is 42.2 Å². The molecule has 0 bridgehead atoms. The van der Waals surface area contributed by atoms with Gasteiger partial charge in [-0.05, 0) is 36.4 Å². The number of carbonyl (C=O) groups is 1. The van der Waals surface area contributed by atoms with Crippen molar-refractivity contribution in [2.75, 3.05) is 36.4 Å². The number of sulfonamides is 1. The molecule has 1 N–H and O–H groups in total. The Morgan fingerprint density at radius 2 is 1.78 bits per heavy atom. The predicted octanol–water partition coefficient (Wildman–Crippen LogP) is 4.04. The molecule has 0 radical (unpaired) electrons. The van der Waals surface area contributed by atoms with Crippen LogP contribution in [0.25, 0.3) is 0 Å². The molecule has 2 heterocycles. The minimum Gasteiger partial charge on any atom is -0.369 e. The van der Waals surface area contributed by atoms with E-state index in [1.54, 1.807) is 17.0 Å². The van der Waals surface area contributed by atoms with Crippen molar-refractivity contribution >= 4 is 39.1 Å². The third-order valence-corrected chi connectivity index (χ3v) is 8.51. The van der Waals surface area contributed by atoms with Crippen molar-refractivity contribution in [2.24, 2.45) is 0 Å². The first kappa shape index (κ1) is 22.9. The predicted molar refractivity (Wildman–Crippen MR) is 117 cm³/mol. The van der Waals surface area contributed by atoms with Crippen LogP contribution < -0.4 is 10.2 Å². The molecular formula is C21H22F3N3O3S2. The topological polar surface area (TPSA) is 69.7 Å².